The fourth-order valence-electron chi connectivity index (χ4n) is 11.8. The van der Waals surface area contributed by atoms with Gasteiger partial charge < -0.3 is 8.98 Å². The lowest BCUT2D eigenvalue weighted by molar-refractivity contribution is 0.669. The van der Waals surface area contributed by atoms with Gasteiger partial charge in [-0.15, -0.1) is 11.3 Å². The van der Waals surface area contributed by atoms with Gasteiger partial charge in [-0.1, -0.05) is 188 Å². The molecule has 77 heavy (non-hydrogen) atoms. The van der Waals surface area contributed by atoms with Gasteiger partial charge in [0.15, 0.2) is 17.5 Å². The maximum atomic E-state index is 6.34. The third-order valence-corrected chi connectivity index (χ3v) is 16.6. The summed E-state index contributed by atoms with van der Waals surface area (Å²) in [6.45, 7) is 0. The first-order valence-corrected chi connectivity index (χ1v) is 26.8. The van der Waals surface area contributed by atoms with Crippen molar-refractivity contribution in [1.82, 2.24) is 19.5 Å². The summed E-state index contributed by atoms with van der Waals surface area (Å²) in [6.07, 6.45) is 0. The number of para-hydroxylation sites is 1. The van der Waals surface area contributed by atoms with Crippen molar-refractivity contribution in [3.63, 3.8) is 0 Å². The Bertz CT molecular complexity index is 5050. The summed E-state index contributed by atoms with van der Waals surface area (Å²) in [6, 6.07) is 91.5. The number of furan rings is 1. The number of fused-ring (bicyclic) bond motifs is 12. The summed E-state index contributed by atoms with van der Waals surface area (Å²) in [5, 5.41) is 11.6. The Morgan fingerprint density at radius 3 is 1.75 bits per heavy atom. The van der Waals surface area contributed by atoms with Crippen molar-refractivity contribution in [3.05, 3.63) is 255 Å². The molecule has 16 rings (SSSR count). The highest BCUT2D eigenvalue weighted by molar-refractivity contribution is 7.26. The maximum absolute atomic E-state index is 6.34. The van der Waals surface area contributed by atoms with E-state index in [9.17, 15) is 0 Å². The largest absolute Gasteiger partial charge is 0.456 e. The minimum absolute atomic E-state index is 0.572. The normalized spacial score (nSPS) is 11.9. The molecular formula is C71H42N4OS. The molecule has 4 heterocycles. The Kier molecular flexibility index (Phi) is 9.74. The van der Waals surface area contributed by atoms with Crippen molar-refractivity contribution < 1.29 is 4.42 Å². The highest BCUT2D eigenvalue weighted by atomic mass is 32.1. The molecule has 0 N–H and O–H groups in total. The molecule has 358 valence electrons. The average molecular weight is 999 g/mol. The van der Waals surface area contributed by atoms with Crippen LogP contribution in [-0.2, 0) is 0 Å². The third-order valence-electron chi connectivity index (χ3n) is 15.4. The summed E-state index contributed by atoms with van der Waals surface area (Å²) in [5.74, 6) is 1.76. The summed E-state index contributed by atoms with van der Waals surface area (Å²) in [5.41, 5.74) is 14.2. The van der Waals surface area contributed by atoms with Crippen LogP contribution in [0.25, 0.3) is 159 Å². The van der Waals surface area contributed by atoms with Crippen LogP contribution in [0.4, 0.5) is 0 Å². The average Bonchev–Trinajstić information content (AvgIpc) is 4.24. The summed E-state index contributed by atoms with van der Waals surface area (Å²) in [7, 11) is 0. The van der Waals surface area contributed by atoms with Gasteiger partial charge in [-0.2, -0.15) is 0 Å². The summed E-state index contributed by atoms with van der Waals surface area (Å²) < 4.78 is 11.2. The first-order chi connectivity index (χ1) is 38.1. The van der Waals surface area contributed by atoms with Gasteiger partial charge in [-0.05, 0) is 105 Å². The Morgan fingerprint density at radius 2 is 0.922 bits per heavy atom. The molecule has 16 aromatic rings. The van der Waals surface area contributed by atoms with Crippen LogP contribution >= 0.6 is 11.3 Å². The van der Waals surface area contributed by atoms with Crippen LogP contribution in [0, 0.1) is 0 Å². The van der Waals surface area contributed by atoms with E-state index in [0.29, 0.717) is 17.5 Å². The van der Waals surface area contributed by atoms with Crippen molar-refractivity contribution in [1.29, 1.82) is 0 Å². The van der Waals surface area contributed by atoms with Crippen LogP contribution in [-0.4, -0.2) is 19.5 Å². The van der Waals surface area contributed by atoms with Crippen LogP contribution in [0.15, 0.2) is 259 Å². The van der Waals surface area contributed by atoms with Gasteiger partial charge >= 0.3 is 0 Å². The molecule has 0 spiro atoms. The van der Waals surface area contributed by atoms with Crippen molar-refractivity contribution in [2.24, 2.45) is 0 Å². The van der Waals surface area contributed by atoms with Crippen molar-refractivity contribution in [3.8, 4) is 73.2 Å². The monoisotopic (exact) mass is 998 g/mol. The highest BCUT2D eigenvalue weighted by Crippen LogP contribution is 2.47. The smallest absolute Gasteiger partial charge is 0.165 e. The second-order valence-electron chi connectivity index (χ2n) is 19.9. The highest BCUT2D eigenvalue weighted by Gasteiger charge is 2.26. The van der Waals surface area contributed by atoms with Crippen molar-refractivity contribution >= 4 is 96.8 Å². The first kappa shape index (κ1) is 43.4. The molecule has 0 saturated heterocycles. The van der Waals surface area contributed by atoms with Gasteiger partial charge in [0.1, 0.15) is 11.2 Å². The molecule has 0 aliphatic carbocycles. The van der Waals surface area contributed by atoms with Crippen LogP contribution in [0.1, 0.15) is 0 Å². The molecule has 12 aromatic carbocycles. The lowest BCUT2D eigenvalue weighted by Crippen LogP contribution is -2.04. The topological polar surface area (TPSA) is 56.7 Å². The van der Waals surface area contributed by atoms with Crippen LogP contribution in [0.5, 0.6) is 0 Å². The number of rotatable bonds is 7. The molecule has 0 radical (unpaired) electrons. The summed E-state index contributed by atoms with van der Waals surface area (Å²) in [4.78, 5) is 16.5. The van der Waals surface area contributed by atoms with Gasteiger partial charge in [0.05, 0.1) is 16.7 Å². The van der Waals surface area contributed by atoms with Gasteiger partial charge in [-0.25, -0.2) is 15.0 Å². The molecular weight excluding hydrogens is 957 g/mol. The molecule has 0 aliphatic heterocycles. The fourth-order valence-corrected chi connectivity index (χ4v) is 13.0. The Labute approximate surface area is 446 Å². The molecule has 0 aliphatic rings. The molecule has 4 aromatic heterocycles. The SMILES string of the molecule is c1ccc(-c2cccc(-c3cc(-c4nc(-c5ccc6oc7ccccc7c6c5)nc(-c5cccc6c5sc5ccccc56)n4)cc(-c4ccccc4)c3-n3c4cc5ccccc5cc4c4ccc5ccccc5c43)c2)cc1. The van der Waals surface area contributed by atoms with Crippen LogP contribution < -0.4 is 0 Å². The van der Waals surface area contributed by atoms with Crippen molar-refractivity contribution in [2.45, 2.75) is 0 Å². The molecule has 0 amide bonds. The zero-order valence-electron chi connectivity index (χ0n) is 41.4. The number of hydrogen-bond donors (Lipinski definition) is 0. The van der Waals surface area contributed by atoms with E-state index < -0.39 is 0 Å². The number of hydrogen-bond acceptors (Lipinski definition) is 5. The number of thiophene rings is 1. The number of benzene rings is 12. The third kappa shape index (κ3) is 7.03. The Hall–Kier alpha value is -10.0. The predicted octanol–water partition coefficient (Wildman–Crippen LogP) is 19.5. The zero-order valence-corrected chi connectivity index (χ0v) is 42.2. The van der Waals surface area contributed by atoms with E-state index in [2.05, 4.69) is 241 Å². The van der Waals surface area contributed by atoms with Gasteiger partial charge in [0.2, 0.25) is 0 Å². The minimum atomic E-state index is 0.572. The lowest BCUT2D eigenvalue weighted by Gasteiger charge is -2.22. The molecule has 0 atom stereocenters. The van der Waals surface area contributed by atoms with E-state index in [1.165, 1.54) is 47.8 Å². The minimum Gasteiger partial charge on any atom is -0.456 e. The van der Waals surface area contributed by atoms with Crippen LogP contribution in [0.3, 0.4) is 0 Å². The fraction of sp³-hybridized carbons (Fsp3) is 0. The molecule has 5 nitrogen and oxygen atoms in total. The molecule has 0 bridgehead atoms. The van der Waals surface area contributed by atoms with E-state index in [1.54, 1.807) is 11.3 Å². The molecule has 0 unspecified atom stereocenters. The summed E-state index contributed by atoms with van der Waals surface area (Å²) >= 11 is 1.78. The predicted molar refractivity (Wildman–Crippen MR) is 322 cm³/mol. The molecule has 0 fully saturated rings. The standard InChI is InChI=1S/C71H42N4OS/c1-3-17-43(18-4-1)46-24-15-25-49(37-46)59-41-51(40-58(44-19-5-2-6-20-44)67(59)75-62-42-48-23-8-7-22-47(48)38-60(62)55-35-33-45-21-9-10-26-52(45)66(55)75)70-72-69(50-34-36-64-61(39-50)53-27-11-13-31-63(53)76-64)73-71(74-70)57-30-16-29-56-54-28-12-14-32-65(54)77-68(56)57/h1-42H. The Morgan fingerprint density at radius 1 is 0.312 bits per heavy atom. The molecule has 0 saturated carbocycles. The van der Waals surface area contributed by atoms with Gasteiger partial charge in [-0.3, -0.25) is 0 Å². The molecule has 6 heteroatoms. The van der Waals surface area contributed by atoms with Gasteiger partial charge in [0, 0.05) is 74.9 Å². The second kappa shape index (κ2) is 17.3. The van der Waals surface area contributed by atoms with Crippen molar-refractivity contribution in [2.75, 3.05) is 0 Å². The van der Waals surface area contributed by atoms with Crippen LogP contribution in [0.2, 0.25) is 0 Å². The van der Waals surface area contributed by atoms with Gasteiger partial charge in [0.25, 0.3) is 0 Å². The lowest BCUT2D eigenvalue weighted by atomic mass is 9.91. The second-order valence-corrected chi connectivity index (χ2v) is 20.9. The van der Waals surface area contributed by atoms with E-state index in [0.717, 1.165) is 93.4 Å². The van der Waals surface area contributed by atoms with E-state index in [1.807, 2.05) is 18.2 Å². The van der Waals surface area contributed by atoms with E-state index >= 15 is 0 Å². The zero-order chi connectivity index (χ0) is 50.6. The van der Waals surface area contributed by atoms with E-state index in [4.69, 9.17) is 19.4 Å². The Balaban J connectivity index is 1.04. The quantitative estimate of drug-likeness (QED) is 0.160. The number of nitrogens with zero attached hydrogens (tertiary/aromatic N) is 4. The number of aromatic nitrogens is 4. The first-order valence-electron chi connectivity index (χ1n) is 26.0. The van der Waals surface area contributed by atoms with E-state index in [-0.39, 0.29) is 0 Å². The maximum Gasteiger partial charge on any atom is 0.165 e.